The van der Waals surface area contributed by atoms with E-state index < -0.39 is 0 Å². The molecule has 0 bridgehead atoms. The molecule has 0 amide bonds. The van der Waals surface area contributed by atoms with Crippen molar-refractivity contribution in [2.75, 3.05) is 0 Å². The Morgan fingerprint density at radius 2 is 0.830 bits per heavy atom. The van der Waals surface area contributed by atoms with Crippen LogP contribution >= 0.6 is 0 Å². The third-order valence-electron chi connectivity index (χ3n) is 11.7. The van der Waals surface area contributed by atoms with Crippen LogP contribution in [0.1, 0.15) is 25.0 Å². The van der Waals surface area contributed by atoms with Crippen LogP contribution in [0, 0.1) is 0 Å². The van der Waals surface area contributed by atoms with Crippen LogP contribution in [0.3, 0.4) is 0 Å². The number of rotatable bonds is 4. The summed E-state index contributed by atoms with van der Waals surface area (Å²) in [6.45, 7) is 4.70. The van der Waals surface area contributed by atoms with Gasteiger partial charge in [-0.05, 0) is 93.0 Å². The molecule has 11 rings (SSSR count). The molecule has 0 unspecified atom stereocenters. The van der Waals surface area contributed by atoms with Crippen LogP contribution in [0.5, 0.6) is 0 Å². The lowest BCUT2D eigenvalue weighted by Crippen LogP contribution is -2.14. The van der Waals surface area contributed by atoms with Crippen molar-refractivity contribution < 1.29 is 0 Å². The number of fused-ring (bicyclic) bond motifs is 9. The van der Waals surface area contributed by atoms with Gasteiger partial charge in [-0.3, -0.25) is 0 Å². The first kappa shape index (κ1) is 30.0. The molecule has 2 heteroatoms. The minimum atomic E-state index is -0.0286. The molecule has 2 heterocycles. The standard InChI is InChI=1S/C51H36N2/c1-51(2)43-24-9-6-19-37(43)42-32-36(29-30-44(42)51)53-46-26-11-8-21-41(46)50-39(23-14-28-48(50)53)38-22-13-27-47-49(38)40-20-7-10-25-45(40)52(47)35-18-12-17-34(31-35)33-15-4-3-5-16-33/h3-32H,1-2H3. The van der Waals surface area contributed by atoms with E-state index >= 15 is 0 Å². The Balaban J connectivity index is 1.16. The van der Waals surface area contributed by atoms with Crippen LogP contribution in [0.25, 0.3) is 88.4 Å². The smallest absolute Gasteiger partial charge is 0.0547 e. The summed E-state index contributed by atoms with van der Waals surface area (Å²) in [6.07, 6.45) is 0. The van der Waals surface area contributed by atoms with Gasteiger partial charge in [0, 0.05) is 38.3 Å². The Labute approximate surface area is 308 Å². The third kappa shape index (κ3) is 4.27. The van der Waals surface area contributed by atoms with Crippen LogP contribution in [-0.2, 0) is 5.41 Å². The van der Waals surface area contributed by atoms with Gasteiger partial charge in [0.15, 0.2) is 0 Å². The normalized spacial score (nSPS) is 13.2. The minimum absolute atomic E-state index is 0.0286. The van der Waals surface area contributed by atoms with Crippen molar-refractivity contribution in [2.24, 2.45) is 0 Å². The van der Waals surface area contributed by atoms with Crippen molar-refractivity contribution in [2.45, 2.75) is 19.3 Å². The molecule has 0 spiro atoms. The van der Waals surface area contributed by atoms with Crippen LogP contribution < -0.4 is 0 Å². The molecule has 2 aromatic heterocycles. The van der Waals surface area contributed by atoms with Gasteiger partial charge in [-0.15, -0.1) is 0 Å². The lowest BCUT2D eigenvalue weighted by Gasteiger charge is -2.21. The van der Waals surface area contributed by atoms with Crippen LogP contribution in [-0.4, -0.2) is 9.13 Å². The minimum Gasteiger partial charge on any atom is -0.309 e. The second-order valence-electron chi connectivity index (χ2n) is 14.9. The van der Waals surface area contributed by atoms with E-state index in [9.17, 15) is 0 Å². The summed E-state index contributed by atoms with van der Waals surface area (Å²) in [4.78, 5) is 0. The van der Waals surface area contributed by atoms with Gasteiger partial charge in [0.05, 0.1) is 22.1 Å². The number of para-hydroxylation sites is 2. The lowest BCUT2D eigenvalue weighted by atomic mass is 9.82. The Morgan fingerprint density at radius 3 is 1.51 bits per heavy atom. The lowest BCUT2D eigenvalue weighted by molar-refractivity contribution is 0.660. The maximum atomic E-state index is 2.47. The van der Waals surface area contributed by atoms with Crippen LogP contribution in [0.2, 0.25) is 0 Å². The fraction of sp³-hybridized carbons (Fsp3) is 0.0588. The number of nitrogens with zero attached hydrogens (tertiary/aromatic N) is 2. The summed E-state index contributed by atoms with van der Waals surface area (Å²) >= 11 is 0. The monoisotopic (exact) mass is 676 g/mol. The topological polar surface area (TPSA) is 9.86 Å². The average Bonchev–Trinajstić information content (AvgIpc) is 3.82. The zero-order valence-corrected chi connectivity index (χ0v) is 29.7. The van der Waals surface area contributed by atoms with Gasteiger partial charge in [0.25, 0.3) is 0 Å². The molecule has 0 N–H and O–H groups in total. The first-order chi connectivity index (χ1) is 26.1. The predicted octanol–water partition coefficient (Wildman–Crippen LogP) is 13.5. The van der Waals surface area contributed by atoms with E-state index in [1.54, 1.807) is 0 Å². The van der Waals surface area contributed by atoms with Crippen molar-refractivity contribution in [3.05, 3.63) is 193 Å². The molecule has 8 aromatic carbocycles. The molecule has 1 aliphatic carbocycles. The van der Waals surface area contributed by atoms with E-state index in [1.807, 2.05) is 0 Å². The predicted molar refractivity (Wildman–Crippen MR) is 224 cm³/mol. The molecule has 250 valence electrons. The largest absolute Gasteiger partial charge is 0.309 e. The fourth-order valence-corrected chi connectivity index (χ4v) is 9.35. The highest BCUT2D eigenvalue weighted by molar-refractivity contribution is 6.22. The van der Waals surface area contributed by atoms with Gasteiger partial charge >= 0.3 is 0 Å². The highest BCUT2D eigenvalue weighted by Crippen LogP contribution is 2.50. The summed E-state index contributed by atoms with van der Waals surface area (Å²) in [5, 5.41) is 5.06. The molecule has 0 saturated carbocycles. The first-order valence-electron chi connectivity index (χ1n) is 18.5. The number of hydrogen-bond acceptors (Lipinski definition) is 0. The summed E-state index contributed by atoms with van der Waals surface area (Å²) in [7, 11) is 0. The second-order valence-corrected chi connectivity index (χ2v) is 14.9. The molecular weight excluding hydrogens is 641 g/mol. The van der Waals surface area contributed by atoms with Crippen molar-refractivity contribution in [3.63, 3.8) is 0 Å². The molecule has 0 saturated heterocycles. The average molecular weight is 677 g/mol. The Kier molecular flexibility index (Phi) is 6.33. The summed E-state index contributed by atoms with van der Waals surface area (Å²) < 4.78 is 4.91. The number of hydrogen-bond donors (Lipinski definition) is 0. The Bertz CT molecular complexity index is 3080. The third-order valence-corrected chi connectivity index (χ3v) is 11.7. The van der Waals surface area contributed by atoms with E-state index in [1.165, 1.54) is 93.8 Å². The molecule has 53 heavy (non-hydrogen) atoms. The first-order valence-corrected chi connectivity index (χ1v) is 18.5. The highest BCUT2D eigenvalue weighted by atomic mass is 15.0. The quantitative estimate of drug-likeness (QED) is 0.176. The van der Waals surface area contributed by atoms with Crippen molar-refractivity contribution in [1.82, 2.24) is 9.13 Å². The van der Waals surface area contributed by atoms with E-state index in [-0.39, 0.29) is 5.41 Å². The maximum Gasteiger partial charge on any atom is 0.0547 e. The van der Waals surface area contributed by atoms with Crippen molar-refractivity contribution in [1.29, 1.82) is 0 Å². The molecule has 0 atom stereocenters. The number of benzene rings is 8. The van der Waals surface area contributed by atoms with Crippen LogP contribution in [0.15, 0.2) is 182 Å². The van der Waals surface area contributed by atoms with Gasteiger partial charge < -0.3 is 9.13 Å². The maximum absolute atomic E-state index is 2.47. The van der Waals surface area contributed by atoms with E-state index in [0.29, 0.717) is 0 Å². The van der Waals surface area contributed by atoms with Gasteiger partial charge in [-0.1, -0.05) is 147 Å². The van der Waals surface area contributed by atoms with Crippen molar-refractivity contribution >= 4 is 43.6 Å². The zero-order valence-electron chi connectivity index (χ0n) is 29.7. The van der Waals surface area contributed by atoms with Crippen molar-refractivity contribution in [3.8, 4) is 44.8 Å². The molecule has 2 nitrogen and oxygen atoms in total. The molecular formula is C51H36N2. The number of aromatic nitrogens is 2. The van der Waals surface area contributed by atoms with Gasteiger partial charge in [0.2, 0.25) is 0 Å². The molecule has 0 radical (unpaired) electrons. The van der Waals surface area contributed by atoms with E-state index in [2.05, 4.69) is 205 Å². The molecule has 10 aromatic rings. The fourth-order valence-electron chi connectivity index (χ4n) is 9.35. The second kappa shape index (κ2) is 11.2. The van der Waals surface area contributed by atoms with Gasteiger partial charge in [0.1, 0.15) is 0 Å². The highest BCUT2D eigenvalue weighted by Gasteiger charge is 2.35. The molecule has 0 aliphatic heterocycles. The van der Waals surface area contributed by atoms with E-state index in [4.69, 9.17) is 0 Å². The molecule has 1 aliphatic rings. The SMILES string of the molecule is CC1(C)c2ccccc2-c2cc(-n3c4ccccc4c4c(-c5cccc6c5c5ccccc5n6-c5cccc(-c6ccccc6)c5)cccc43)ccc21. The van der Waals surface area contributed by atoms with E-state index in [0.717, 1.165) is 5.69 Å². The Morgan fingerprint density at radius 1 is 0.340 bits per heavy atom. The summed E-state index contributed by atoms with van der Waals surface area (Å²) in [5.74, 6) is 0. The summed E-state index contributed by atoms with van der Waals surface area (Å²) in [6, 6.07) is 67.0. The summed E-state index contributed by atoms with van der Waals surface area (Å²) in [5.41, 5.74) is 17.5. The zero-order chi connectivity index (χ0) is 35.3. The van der Waals surface area contributed by atoms with Crippen LogP contribution in [0.4, 0.5) is 0 Å². The Hall–Kier alpha value is -6.64. The van der Waals surface area contributed by atoms with Gasteiger partial charge in [-0.25, -0.2) is 0 Å². The van der Waals surface area contributed by atoms with Gasteiger partial charge in [-0.2, -0.15) is 0 Å². The molecule has 0 fully saturated rings.